The summed E-state index contributed by atoms with van der Waals surface area (Å²) in [5.41, 5.74) is 2.31. The Morgan fingerprint density at radius 1 is 1.40 bits per heavy atom. The molecule has 4 heteroatoms. The molecule has 1 unspecified atom stereocenters. The second kappa shape index (κ2) is 6.09. The number of ether oxygens (including phenoxy) is 1. The van der Waals surface area contributed by atoms with E-state index in [-0.39, 0.29) is 17.6 Å². The van der Waals surface area contributed by atoms with Crippen LogP contribution in [-0.4, -0.2) is 42.2 Å². The lowest BCUT2D eigenvalue weighted by atomic mass is 9.92. The van der Waals surface area contributed by atoms with Crippen molar-refractivity contribution in [2.24, 2.45) is 0 Å². The number of benzene rings is 1. The fourth-order valence-corrected chi connectivity index (χ4v) is 2.25. The number of phenolic OH excluding ortho intramolecular Hbond substituents is 1. The number of nitrogens with zero attached hydrogens (tertiary/aromatic N) is 1. The Morgan fingerprint density at radius 3 is 2.65 bits per heavy atom. The molecule has 1 amide bonds. The summed E-state index contributed by atoms with van der Waals surface area (Å²) in [4.78, 5) is 14.2. The van der Waals surface area contributed by atoms with Gasteiger partial charge in [-0.15, -0.1) is 0 Å². The van der Waals surface area contributed by atoms with Crippen LogP contribution in [-0.2, 0) is 4.74 Å². The summed E-state index contributed by atoms with van der Waals surface area (Å²) in [5, 5.41) is 9.96. The molecule has 1 heterocycles. The zero-order chi connectivity index (χ0) is 14.7. The highest BCUT2D eigenvalue weighted by atomic mass is 16.5. The van der Waals surface area contributed by atoms with Crippen LogP contribution in [0.3, 0.4) is 0 Å². The minimum Gasteiger partial charge on any atom is -0.508 e. The van der Waals surface area contributed by atoms with E-state index in [1.807, 2.05) is 13.8 Å². The molecular formula is C16H21NO3. The van der Waals surface area contributed by atoms with Crippen LogP contribution in [0.15, 0.2) is 30.4 Å². The van der Waals surface area contributed by atoms with Crippen LogP contribution in [0, 0.1) is 0 Å². The van der Waals surface area contributed by atoms with E-state index in [1.54, 1.807) is 23.1 Å². The minimum absolute atomic E-state index is 0.0107. The Labute approximate surface area is 119 Å². The van der Waals surface area contributed by atoms with E-state index in [4.69, 9.17) is 4.74 Å². The predicted molar refractivity (Wildman–Crippen MR) is 78.1 cm³/mol. The first-order chi connectivity index (χ1) is 9.50. The molecule has 1 fully saturated rings. The smallest absolute Gasteiger partial charge is 0.254 e. The number of phenols is 1. The van der Waals surface area contributed by atoms with Crippen molar-refractivity contribution >= 4 is 5.91 Å². The maximum absolute atomic E-state index is 12.4. The molecule has 1 atom stereocenters. The number of hydrogen-bond acceptors (Lipinski definition) is 3. The lowest BCUT2D eigenvalue weighted by Gasteiger charge is -2.27. The molecule has 1 aromatic carbocycles. The first-order valence-corrected chi connectivity index (χ1v) is 6.86. The molecule has 1 N–H and O–H groups in total. The van der Waals surface area contributed by atoms with Crippen LogP contribution >= 0.6 is 0 Å². The SMILES string of the molecule is C=C(C)C(C)c1cc(C(=O)N2CCOCC2)ccc1O. The van der Waals surface area contributed by atoms with Gasteiger partial charge in [-0.25, -0.2) is 0 Å². The van der Waals surface area contributed by atoms with Gasteiger partial charge in [0.25, 0.3) is 5.91 Å². The van der Waals surface area contributed by atoms with Gasteiger partial charge < -0.3 is 14.7 Å². The maximum Gasteiger partial charge on any atom is 0.254 e. The topological polar surface area (TPSA) is 49.8 Å². The number of morpholine rings is 1. The summed E-state index contributed by atoms with van der Waals surface area (Å²) in [6, 6.07) is 5.02. The Kier molecular flexibility index (Phi) is 4.45. The Balaban J connectivity index is 2.26. The van der Waals surface area contributed by atoms with Crippen LogP contribution in [0.2, 0.25) is 0 Å². The second-order valence-electron chi connectivity index (χ2n) is 5.25. The maximum atomic E-state index is 12.4. The van der Waals surface area contributed by atoms with E-state index in [1.165, 1.54) is 0 Å². The van der Waals surface area contributed by atoms with Crippen molar-refractivity contribution in [1.29, 1.82) is 0 Å². The summed E-state index contributed by atoms with van der Waals surface area (Å²) >= 11 is 0. The van der Waals surface area contributed by atoms with Gasteiger partial charge in [0.05, 0.1) is 13.2 Å². The molecule has 1 saturated heterocycles. The van der Waals surface area contributed by atoms with Crippen LogP contribution in [0.1, 0.15) is 35.7 Å². The summed E-state index contributed by atoms with van der Waals surface area (Å²) in [6.45, 7) is 10.2. The third-order valence-corrected chi connectivity index (χ3v) is 3.78. The molecule has 20 heavy (non-hydrogen) atoms. The number of carbonyl (C=O) groups is 1. The molecule has 1 aliphatic heterocycles. The standard InChI is InChI=1S/C16H21NO3/c1-11(2)12(3)14-10-13(4-5-15(14)18)16(19)17-6-8-20-9-7-17/h4-5,10,12,18H,1,6-9H2,2-3H3. The van der Waals surface area contributed by atoms with Gasteiger partial charge in [0.15, 0.2) is 0 Å². The number of amides is 1. The van der Waals surface area contributed by atoms with Crippen molar-refractivity contribution in [2.45, 2.75) is 19.8 Å². The molecule has 4 nitrogen and oxygen atoms in total. The first-order valence-electron chi connectivity index (χ1n) is 6.86. The van der Waals surface area contributed by atoms with E-state index in [2.05, 4.69) is 6.58 Å². The van der Waals surface area contributed by atoms with Crippen molar-refractivity contribution < 1.29 is 14.6 Å². The van der Waals surface area contributed by atoms with Crippen LogP contribution in [0.5, 0.6) is 5.75 Å². The van der Waals surface area contributed by atoms with Crippen LogP contribution in [0.25, 0.3) is 0 Å². The molecule has 0 radical (unpaired) electrons. The lowest BCUT2D eigenvalue weighted by molar-refractivity contribution is 0.0303. The fraction of sp³-hybridized carbons (Fsp3) is 0.438. The van der Waals surface area contributed by atoms with Gasteiger partial charge in [-0.1, -0.05) is 19.1 Å². The average Bonchev–Trinajstić information content (AvgIpc) is 2.47. The van der Waals surface area contributed by atoms with Gasteiger partial charge in [-0.3, -0.25) is 4.79 Å². The largest absolute Gasteiger partial charge is 0.508 e. The quantitative estimate of drug-likeness (QED) is 0.862. The molecule has 0 saturated carbocycles. The van der Waals surface area contributed by atoms with Crippen LogP contribution < -0.4 is 0 Å². The van der Waals surface area contributed by atoms with Gasteiger partial charge in [-0.05, 0) is 25.1 Å². The molecule has 1 aromatic rings. The van der Waals surface area contributed by atoms with Gasteiger partial charge in [0, 0.05) is 30.1 Å². The van der Waals surface area contributed by atoms with Gasteiger partial charge in [0.1, 0.15) is 5.75 Å². The van der Waals surface area contributed by atoms with Gasteiger partial charge in [-0.2, -0.15) is 0 Å². The highest BCUT2D eigenvalue weighted by molar-refractivity contribution is 5.94. The van der Waals surface area contributed by atoms with E-state index in [0.29, 0.717) is 31.9 Å². The third kappa shape index (κ3) is 3.02. The van der Waals surface area contributed by atoms with Crippen molar-refractivity contribution in [3.8, 4) is 5.75 Å². The average molecular weight is 275 g/mol. The zero-order valence-electron chi connectivity index (χ0n) is 12.1. The summed E-state index contributed by atoms with van der Waals surface area (Å²) in [6.07, 6.45) is 0. The summed E-state index contributed by atoms with van der Waals surface area (Å²) < 4.78 is 5.25. The Morgan fingerprint density at radius 2 is 2.05 bits per heavy atom. The summed E-state index contributed by atoms with van der Waals surface area (Å²) in [7, 11) is 0. The summed E-state index contributed by atoms with van der Waals surface area (Å²) in [5.74, 6) is 0.218. The molecule has 0 aromatic heterocycles. The van der Waals surface area contributed by atoms with Gasteiger partial charge in [0.2, 0.25) is 0 Å². The minimum atomic E-state index is -0.0107. The van der Waals surface area contributed by atoms with E-state index >= 15 is 0 Å². The van der Waals surface area contributed by atoms with E-state index < -0.39 is 0 Å². The second-order valence-corrected chi connectivity index (χ2v) is 5.25. The predicted octanol–water partition coefficient (Wildman–Crippen LogP) is 2.54. The Bertz CT molecular complexity index is 518. The highest BCUT2D eigenvalue weighted by Crippen LogP contribution is 2.31. The number of hydrogen-bond donors (Lipinski definition) is 1. The Hall–Kier alpha value is -1.81. The molecule has 1 aliphatic rings. The number of rotatable bonds is 3. The molecule has 108 valence electrons. The normalized spacial score (nSPS) is 16.8. The molecule has 0 bridgehead atoms. The highest BCUT2D eigenvalue weighted by Gasteiger charge is 2.20. The lowest BCUT2D eigenvalue weighted by Crippen LogP contribution is -2.40. The van der Waals surface area contributed by atoms with Crippen molar-refractivity contribution in [3.63, 3.8) is 0 Å². The number of carbonyl (C=O) groups excluding carboxylic acids is 1. The van der Waals surface area contributed by atoms with Crippen molar-refractivity contribution in [1.82, 2.24) is 4.90 Å². The first kappa shape index (κ1) is 14.6. The zero-order valence-corrected chi connectivity index (χ0v) is 12.1. The van der Waals surface area contributed by atoms with Crippen LogP contribution in [0.4, 0.5) is 0 Å². The van der Waals surface area contributed by atoms with Gasteiger partial charge >= 0.3 is 0 Å². The number of aromatic hydroxyl groups is 1. The monoisotopic (exact) mass is 275 g/mol. The van der Waals surface area contributed by atoms with Crippen molar-refractivity contribution in [2.75, 3.05) is 26.3 Å². The molecular weight excluding hydrogens is 254 g/mol. The van der Waals surface area contributed by atoms with Crippen molar-refractivity contribution in [3.05, 3.63) is 41.5 Å². The number of allylic oxidation sites excluding steroid dienone is 1. The van der Waals surface area contributed by atoms with E-state index in [9.17, 15) is 9.90 Å². The molecule has 2 rings (SSSR count). The van der Waals surface area contributed by atoms with E-state index in [0.717, 1.165) is 11.1 Å². The molecule has 0 spiro atoms. The fourth-order valence-electron chi connectivity index (χ4n) is 2.25. The molecule has 0 aliphatic carbocycles. The third-order valence-electron chi connectivity index (χ3n) is 3.78.